The lowest BCUT2D eigenvalue weighted by Gasteiger charge is -2.60. The van der Waals surface area contributed by atoms with E-state index in [1.807, 2.05) is 0 Å². The Bertz CT molecular complexity index is 1010. The van der Waals surface area contributed by atoms with Crippen LogP contribution in [0.3, 0.4) is 0 Å². The predicted octanol–water partition coefficient (Wildman–Crippen LogP) is 6.12. The van der Waals surface area contributed by atoms with E-state index in [9.17, 15) is 24.6 Å². The van der Waals surface area contributed by atoms with Gasteiger partial charge in [-0.3, -0.25) is 9.59 Å². The number of hydrogen-bond acceptors (Lipinski definition) is 4. The second-order valence-electron chi connectivity index (χ2n) is 15.0. The number of aliphatic hydroxyl groups excluding tert-OH is 1. The molecule has 0 aromatic rings. The summed E-state index contributed by atoms with van der Waals surface area (Å²) in [5.74, 6) is 1.29. The third-order valence-corrected chi connectivity index (χ3v) is 12.2. The molecule has 38 heavy (non-hydrogen) atoms. The summed E-state index contributed by atoms with van der Waals surface area (Å²) >= 11 is 0. The number of hydrogen-bond donors (Lipinski definition) is 2. The average Bonchev–Trinajstić information content (AvgIpc) is 3.17. The number of nitrogens with zero attached hydrogens (tertiary/aromatic N) is 1. The molecule has 1 saturated heterocycles. The zero-order valence-corrected chi connectivity index (χ0v) is 24.2. The Morgan fingerprint density at radius 1 is 1.05 bits per heavy atom. The number of allylic oxidation sites excluding steroid dienone is 2. The molecule has 0 radical (unpaired) electrons. The van der Waals surface area contributed by atoms with Crippen molar-refractivity contribution in [1.82, 2.24) is 4.90 Å². The minimum atomic E-state index is -0.811. The first-order valence-electron chi connectivity index (χ1n) is 15.2. The monoisotopic (exact) mass is 527 g/mol. The molecular formula is C32H49NO5. The van der Waals surface area contributed by atoms with Crippen LogP contribution >= 0.6 is 0 Å². The molecule has 9 atom stereocenters. The number of Topliss-reactive ketones (excluding diaryl/α,β-unsaturated/α-hetero) is 2. The van der Waals surface area contributed by atoms with Crippen LogP contribution in [0.1, 0.15) is 98.8 Å². The van der Waals surface area contributed by atoms with Gasteiger partial charge in [-0.2, -0.15) is 0 Å². The van der Waals surface area contributed by atoms with Gasteiger partial charge in [-0.1, -0.05) is 46.3 Å². The summed E-state index contributed by atoms with van der Waals surface area (Å²) < 4.78 is 0. The lowest BCUT2D eigenvalue weighted by atomic mass is 9.42. The minimum Gasteiger partial charge on any atom is -0.465 e. The third kappa shape index (κ3) is 4.37. The maximum absolute atomic E-state index is 14.0. The number of piperidine rings is 1. The Hall–Kier alpha value is -1.69. The van der Waals surface area contributed by atoms with Crippen molar-refractivity contribution in [2.45, 2.75) is 105 Å². The number of fused-ring (bicyclic) bond motifs is 5. The third-order valence-electron chi connectivity index (χ3n) is 12.2. The van der Waals surface area contributed by atoms with Gasteiger partial charge in [-0.15, -0.1) is 0 Å². The molecule has 1 aliphatic heterocycles. The first kappa shape index (κ1) is 27.9. The fourth-order valence-corrected chi connectivity index (χ4v) is 9.83. The maximum Gasteiger partial charge on any atom is 0.407 e. The van der Waals surface area contributed by atoms with Crippen LogP contribution in [0.2, 0.25) is 0 Å². The Morgan fingerprint density at radius 3 is 2.45 bits per heavy atom. The van der Waals surface area contributed by atoms with Gasteiger partial charge in [0.1, 0.15) is 11.6 Å². The van der Waals surface area contributed by atoms with Crippen molar-refractivity contribution < 1.29 is 24.6 Å². The quantitative estimate of drug-likeness (QED) is 0.431. The van der Waals surface area contributed by atoms with Gasteiger partial charge in [0.25, 0.3) is 0 Å². The minimum absolute atomic E-state index is 0.0259. The molecule has 1 heterocycles. The molecule has 0 aromatic heterocycles. The van der Waals surface area contributed by atoms with E-state index in [0.717, 1.165) is 57.8 Å². The Labute approximate surface area is 228 Å². The van der Waals surface area contributed by atoms with Crippen molar-refractivity contribution in [3.05, 3.63) is 11.6 Å². The van der Waals surface area contributed by atoms with Crippen LogP contribution in [0.4, 0.5) is 4.79 Å². The molecule has 2 N–H and O–H groups in total. The van der Waals surface area contributed by atoms with Crippen LogP contribution in [0.25, 0.3) is 0 Å². The molecule has 5 aliphatic rings. The lowest BCUT2D eigenvalue weighted by molar-refractivity contribution is -0.167. The van der Waals surface area contributed by atoms with Gasteiger partial charge < -0.3 is 15.1 Å². The highest BCUT2D eigenvalue weighted by Gasteiger charge is 2.64. The number of ketones is 2. The molecular weight excluding hydrogens is 478 g/mol. The van der Waals surface area contributed by atoms with E-state index in [0.29, 0.717) is 30.6 Å². The van der Waals surface area contributed by atoms with E-state index in [2.05, 4.69) is 40.7 Å². The van der Waals surface area contributed by atoms with E-state index in [-0.39, 0.29) is 58.3 Å². The highest BCUT2D eigenvalue weighted by Crippen LogP contribution is 2.66. The van der Waals surface area contributed by atoms with Crippen molar-refractivity contribution in [1.29, 1.82) is 0 Å². The van der Waals surface area contributed by atoms with E-state index in [4.69, 9.17) is 0 Å². The summed E-state index contributed by atoms with van der Waals surface area (Å²) in [5.41, 5.74) is 1.01. The van der Waals surface area contributed by atoms with E-state index in [1.54, 1.807) is 4.90 Å². The number of amides is 1. The fourth-order valence-electron chi connectivity index (χ4n) is 9.83. The molecule has 4 aliphatic carbocycles. The SMILES string of the molecule is CC(C)(C)C1CC(C/C=C2\CC[C@]3(C)C4CC[C@]5(C)C(=O)CCC5C4C(=O)[C@H](CO)C3C2)CCN1C(=O)O. The van der Waals surface area contributed by atoms with Gasteiger partial charge in [0.05, 0.1) is 6.61 Å². The summed E-state index contributed by atoms with van der Waals surface area (Å²) in [4.78, 5) is 40.2. The number of aliphatic hydroxyl groups is 1. The summed E-state index contributed by atoms with van der Waals surface area (Å²) in [7, 11) is 0. The zero-order valence-electron chi connectivity index (χ0n) is 24.2. The van der Waals surface area contributed by atoms with Crippen molar-refractivity contribution >= 4 is 17.7 Å². The van der Waals surface area contributed by atoms with Crippen LogP contribution < -0.4 is 0 Å². The van der Waals surface area contributed by atoms with Gasteiger partial charge in [-0.25, -0.2) is 4.79 Å². The van der Waals surface area contributed by atoms with E-state index >= 15 is 0 Å². The molecule has 5 fully saturated rings. The first-order valence-corrected chi connectivity index (χ1v) is 15.2. The lowest BCUT2D eigenvalue weighted by Crippen LogP contribution is -2.60. The van der Waals surface area contributed by atoms with Gasteiger partial charge in [0.2, 0.25) is 0 Å². The standard InChI is InChI=1S/C32H49NO5/c1-30(2,3)25-17-20(12-15-33(25)29(37)38)7-6-19-10-13-31(4)23-11-14-32(5)22(8-9-26(32)35)27(23)28(36)21(18-34)24(31)16-19/h6,20-25,27,34H,7-18H2,1-5H3,(H,37,38)/b19-6+/t20?,21-,22?,23?,24?,25?,27?,31-,32+/m1/s1. The zero-order chi connectivity index (χ0) is 27.6. The molecule has 5 rings (SSSR count). The normalized spacial score (nSPS) is 44.5. The van der Waals surface area contributed by atoms with Crippen molar-refractivity contribution in [2.75, 3.05) is 13.2 Å². The van der Waals surface area contributed by atoms with Gasteiger partial charge >= 0.3 is 6.09 Å². The topological polar surface area (TPSA) is 94.9 Å². The summed E-state index contributed by atoms with van der Waals surface area (Å²) in [6.07, 6.45) is 10.6. The van der Waals surface area contributed by atoms with Crippen LogP contribution in [-0.4, -0.2) is 52.0 Å². The molecule has 6 heteroatoms. The number of rotatable bonds is 3. The van der Waals surface area contributed by atoms with E-state index in [1.165, 1.54) is 5.57 Å². The molecule has 0 aromatic carbocycles. The molecule has 4 saturated carbocycles. The molecule has 0 bridgehead atoms. The predicted molar refractivity (Wildman–Crippen MR) is 146 cm³/mol. The number of carbonyl (C=O) groups is 3. The summed E-state index contributed by atoms with van der Waals surface area (Å²) in [6.45, 7) is 11.4. The fraction of sp³-hybridized carbons (Fsp3) is 0.844. The van der Waals surface area contributed by atoms with E-state index < -0.39 is 6.09 Å². The van der Waals surface area contributed by atoms with Crippen molar-refractivity contribution in [3.63, 3.8) is 0 Å². The van der Waals surface area contributed by atoms with Crippen LogP contribution in [0.15, 0.2) is 11.6 Å². The molecule has 0 spiro atoms. The largest absolute Gasteiger partial charge is 0.465 e. The Morgan fingerprint density at radius 2 is 1.79 bits per heavy atom. The highest BCUT2D eigenvalue weighted by molar-refractivity contribution is 5.91. The average molecular weight is 528 g/mol. The maximum atomic E-state index is 14.0. The Balaban J connectivity index is 1.32. The first-order chi connectivity index (χ1) is 17.8. The second kappa shape index (κ2) is 9.74. The number of carboxylic acid groups (broad SMARTS) is 1. The molecule has 6 unspecified atom stereocenters. The summed E-state index contributed by atoms with van der Waals surface area (Å²) in [6, 6.07) is 0.0259. The van der Waals surface area contributed by atoms with Crippen LogP contribution in [0.5, 0.6) is 0 Å². The van der Waals surface area contributed by atoms with Gasteiger partial charge in [-0.05, 0) is 92.3 Å². The number of carbonyl (C=O) groups excluding carboxylic acids is 2. The van der Waals surface area contributed by atoms with Gasteiger partial charge in [0, 0.05) is 36.3 Å². The van der Waals surface area contributed by atoms with Crippen LogP contribution in [0, 0.1) is 51.8 Å². The molecule has 6 nitrogen and oxygen atoms in total. The number of likely N-dealkylation sites (tertiary alicyclic amines) is 1. The van der Waals surface area contributed by atoms with Crippen LogP contribution in [-0.2, 0) is 9.59 Å². The summed E-state index contributed by atoms with van der Waals surface area (Å²) in [5, 5.41) is 20.2. The highest BCUT2D eigenvalue weighted by atomic mass is 16.4. The Kier molecular flexibility index (Phi) is 7.14. The smallest absolute Gasteiger partial charge is 0.407 e. The van der Waals surface area contributed by atoms with Crippen molar-refractivity contribution in [3.8, 4) is 0 Å². The van der Waals surface area contributed by atoms with Gasteiger partial charge in [0.15, 0.2) is 0 Å². The molecule has 212 valence electrons. The molecule has 1 amide bonds. The second-order valence-corrected chi connectivity index (χ2v) is 15.0. The van der Waals surface area contributed by atoms with Crippen molar-refractivity contribution in [2.24, 2.45) is 51.8 Å².